The van der Waals surface area contributed by atoms with E-state index in [9.17, 15) is 19.8 Å². The van der Waals surface area contributed by atoms with Gasteiger partial charge in [-0.05, 0) is 56.0 Å². The molecular formula is C18H22O6. The molecule has 0 aromatic heterocycles. The number of hydrogen-bond acceptors (Lipinski definition) is 6. The Labute approximate surface area is 140 Å². The van der Waals surface area contributed by atoms with Gasteiger partial charge in [-0.3, -0.25) is 4.79 Å². The van der Waals surface area contributed by atoms with Crippen LogP contribution in [-0.2, 0) is 9.53 Å². The lowest BCUT2D eigenvalue weighted by molar-refractivity contribution is -0.128. The molecule has 0 radical (unpaired) electrons. The maximum absolute atomic E-state index is 12.2. The molecular weight excluding hydrogens is 312 g/mol. The number of benzene rings is 1. The molecule has 3 atom stereocenters. The zero-order chi connectivity index (χ0) is 17.5. The average molecular weight is 334 g/mol. The molecule has 0 heterocycles. The number of methoxy groups -OCH3 is 1. The summed E-state index contributed by atoms with van der Waals surface area (Å²) in [5.74, 6) is -0.303. The molecule has 1 aliphatic rings. The van der Waals surface area contributed by atoms with Crippen LogP contribution in [0.15, 0.2) is 36.4 Å². The van der Waals surface area contributed by atoms with Gasteiger partial charge in [0.1, 0.15) is 18.0 Å². The lowest BCUT2D eigenvalue weighted by Crippen LogP contribution is -2.34. The topological polar surface area (TPSA) is 93.1 Å². The first-order valence-corrected chi connectivity index (χ1v) is 7.93. The number of ketones is 1. The molecule has 24 heavy (non-hydrogen) atoms. The number of rotatable bonds is 3. The largest absolute Gasteiger partial charge is 0.497 e. The molecule has 1 aliphatic carbocycles. The Bertz CT molecular complexity index is 592. The highest BCUT2D eigenvalue weighted by Gasteiger charge is 2.25. The van der Waals surface area contributed by atoms with Crippen molar-refractivity contribution in [3.05, 3.63) is 42.0 Å². The molecule has 0 saturated heterocycles. The van der Waals surface area contributed by atoms with E-state index in [4.69, 9.17) is 9.47 Å². The molecule has 0 aliphatic heterocycles. The van der Waals surface area contributed by atoms with Crippen molar-refractivity contribution >= 4 is 11.8 Å². The fourth-order valence-corrected chi connectivity index (χ4v) is 2.49. The minimum absolute atomic E-state index is 0.182. The minimum Gasteiger partial charge on any atom is -0.497 e. The van der Waals surface area contributed by atoms with Gasteiger partial charge in [-0.1, -0.05) is 6.08 Å². The smallest absolute Gasteiger partial charge is 0.338 e. The summed E-state index contributed by atoms with van der Waals surface area (Å²) in [5.41, 5.74) is 0.416. The molecule has 2 N–H and O–H groups in total. The first kappa shape index (κ1) is 18.2. The average Bonchev–Trinajstić information content (AvgIpc) is 2.61. The molecule has 0 saturated carbocycles. The molecule has 0 spiro atoms. The molecule has 3 unspecified atom stereocenters. The highest BCUT2D eigenvalue weighted by Crippen LogP contribution is 2.19. The Morgan fingerprint density at radius 3 is 2.50 bits per heavy atom. The van der Waals surface area contributed by atoms with E-state index in [0.717, 1.165) is 0 Å². The Morgan fingerprint density at radius 1 is 1.12 bits per heavy atom. The molecule has 0 bridgehead atoms. The lowest BCUT2D eigenvalue weighted by Gasteiger charge is -2.22. The van der Waals surface area contributed by atoms with E-state index in [0.29, 0.717) is 30.6 Å². The van der Waals surface area contributed by atoms with Crippen LogP contribution in [-0.4, -0.2) is 47.4 Å². The van der Waals surface area contributed by atoms with Crippen molar-refractivity contribution < 1.29 is 29.3 Å². The van der Waals surface area contributed by atoms with Crippen LogP contribution in [0.1, 0.15) is 36.0 Å². The monoisotopic (exact) mass is 334 g/mol. The van der Waals surface area contributed by atoms with E-state index in [-0.39, 0.29) is 12.5 Å². The van der Waals surface area contributed by atoms with Crippen molar-refractivity contribution in [1.82, 2.24) is 0 Å². The summed E-state index contributed by atoms with van der Waals surface area (Å²) in [5, 5.41) is 19.5. The summed E-state index contributed by atoms with van der Waals surface area (Å²) in [4.78, 5) is 23.8. The van der Waals surface area contributed by atoms with Gasteiger partial charge >= 0.3 is 5.97 Å². The quantitative estimate of drug-likeness (QED) is 0.816. The second kappa shape index (κ2) is 8.61. The normalized spacial score (nSPS) is 25.1. The van der Waals surface area contributed by atoms with Gasteiger partial charge < -0.3 is 19.7 Å². The van der Waals surface area contributed by atoms with Gasteiger partial charge in [0.05, 0.1) is 18.8 Å². The predicted octanol–water partition coefficient (Wildman–Crippen LogP) is 1.64. The minimum atomic E-state index is -1.43. The highest BCUT2D eigenvalue weighted by molar-refractivity contribution is 5.93. The number of aliphatic hydroxyl groups excluding tert-OH is 2. The molecule has 1 aromatic rings. The van der Waals surface area contributed by atoms with E-state index in [1.165, 1.54) is 6.08 Å². The first-order chi connectivity index (χ1) is 11.5. The molecule has 130 valence electrons. The Kier molecular flexibility index (Phi) is 6.52. The maximum Gasteiger partial charge on any atom is 0.338 e. The molecule has 0 fully saturated rings. The van der Waals surface area contributed by atoms with E-state index in [1.807, 2.05) is 0 Å². The van der Waals surface area contributed by atoms with Crippen LogP contribution in [0.5, 0.6) is 5.75 Å². The molecule has 0 amide bonds. The van der Waals surface area contributed by atoms with Crippen LogP contribution in [0.4, 0.5) is 0 Å². The van der Waals surface area contributed by atoms with E-state index < -0.39 is 24.0 Å². The maximum atomic E-state index is 12.2. The van der Waals surface area contributed by atoms with Gasteiger partial charge in [-0.15, -0.1) is 0 Å². The molecule has 2 rings (SSSR count). The molecule has 1 aromatic carbocycles. The van der Waals surface area contributed by atoms with Gasteiger partial charge in [0.2, 0.25) is 0 Å². The van der Waals surface area contributed by atoms with E-state index in [2.05, 4.69) is 0 Å². The zero-order valence-corrected chi connectivity index (χ0v) is 13.6. The molecule has 6 nitrogen and oxygen atoms in total. The fourth-order valence-electron chi connectivity index (χ4n) is 2.49. The van der Waals surface area contributed by atoms with Crippen molar-refractivity contribution in [2.75, 3.05) is 7.11 Å². The second-order valence-corrected chi connectivity index (χ2v) is 5.73. The van der Waals surface area contributed by atoms with E-state index in [1.54, 1.807) is 37.5 Å². The fraction of sp³-hybridized carbons (Fsp3) is 0.444. The van der Waals surface area contributed by atoms with Crippen molar-refractivity contribution in [3.63, 3.8) is 0 Å². The van der Waals surface area contributed by atoms with Crippen LogP contribution < -0.4 is 4.74 Å². The number of ether oxygens (including phenoxy) is 2. The SMILES string of the molecule is COc1ccc(C(=O)OC2CCC=CC(=O)C(O)C(O)CC2)cc1. The summed E-state index contributed by atoms with van der Waals surface area (Å²) >= 11 is 0. The third-order valence-corrected chi connectivity index (χ3v) is 3.98. The van der Waals surface area contributed by atoms with Gasteiger partial charge in [-0.2, -0.15) is 0 Å². The van der Waals surface area contributed by atoms with E-state index >= 15 is 0 Å². The third kappa shape index (κ3) is 4.91. The lowest BCUT2D eigenvalue weighted by atomic mass is 9.98. The Hall–Kier alpha value is -2.18. The summed E-state index contributed by atoms with van der Waals surface area (Å²) in [7, 11) is 1.55. The third-order valence-electron chi connectivity index (χ3n) is 3.98. The van der Waals surface area contributed by atoms with Crippen molar-refractivity contribution in [1.29, 1.82) is 0 Å². The highest BCUT2D eigenvalue weighted by atomic mass is 16.5. The summed E-state index contributed by atoms with van der Waals surface area (Å²) in [6.07, 6.45) is 1.56. The van der Waals surface area contributed by atoms with Crippen LogP contribution in [0.2, 0.25) is 0 Å². The van der Waals surface area contributed by atoms with Crippen molar-refractivity contribution in [3.8, 4) is 5.75 Å². The number of carbonyl (C=O) groups excluding carboxylic acids is 2. The zero-order valence-electron chi connectivity index (χ0n) is 13.6. The van der Waals surface area contributed by atoms with Gasteiger partial charge in [0.25, 0.3) is 0 Å². The standard InChI is InChI=1S/C18H22O6/c1-23-13-8-6-12(7-9-13)18(22)24-14-4-2-3-5-15(19)17(21)16(20)11-10-14/h3,5-9,14,16-17,20-21H,2,4,10-11H2,1H3. The number of carbonyl (C=O) groups is 2. The van der Waals surface area contributed by atoms with Crippen LogP contribution in [0.3, 0.4) is 0 Å². The number of esters is 1. The molecule has 6 heteroatoms. The number of hydrogen-bond donors (Lipinski definition) is 2. The second-order valence-electron chi connectivity index (χ2n) is 5.73. The van der Waals surface area contributed by atoms with Crippen LogP contribution >= 0.6 is 0 Å². The van der Waals surface area contributed by atoms with Crippen molar-refractivity contribution in [2.24, 2.45) is 0 Å². The van der Waals surface area contributed by atoms with Crippen LogP contribution in [0.25, 0.3) is 0 Å². The van der Waals surface area contributed by atoms with Crippen LogP contribution in [0, 0.1) is 0 Å². The summed E-state index contributed by atoms with van der Waals surface area (Å²) in [6.45, 7) is 0. The van der Waals surface area contributed by atoms with Gasteiger partial charge in [-0.25, -0.2) is 4.79 Å². The van der Waals surface area contributed by atoms with Gasteiger partial charge in [0.15, 0.2) is 5.78 Å². The Balaban J connectivity index is 2.00. The summed E-state index contributed by atoms with van der Waals surface area (Å²) < 4.78 is 10.5. The Morgan fingerprint density at radius 2 is 1.83 bits per heavy atom. The van der Waals surface area contributed by atoms with Gasteiger partial charge in [0, 0.05) is 0 Å². The van der Waals surface area contributed by atoms with Crippen molar-refractivity contribution in [2.45, 2.75) is 44.0 Å². The number of aliphatic hydroxyl groups is 2. The predicted molar refractivity (Wildman–Crippen MR) is 86.8 cm³/mol. The number of allylic oxidation sites excluding steroid dienone is 1. The first-order valence-electron chi connectivity index (χ1n) is 7.93. The summed E-state index contributed by atoms with van der Waals surface area (Å²) in [6, 6.07) is 6.60.